The highest BCUT2D eigenvalue weighted by Gasteiger charge is 2.43. The summed E-state index contributed by atoms with van der Waals surface area (Å²) in [6.45, 7) is 14.4. The molecule has 4 rings (SSSR count). The van der Waals surface area contributed by atoms with Gasteiger partial charge in [0.05, 0.1) is 11.3 Å². The largest absolute Gasteiger partial charge is 0.366 e. The molecular formula is C28H34N2O2. The van der Waals surface area contributed by atoms with Gasteiger partial charge in [0.15, 0.2) is 0 Å². The van der Waals surface area contributed by atoms with Crippen LogP contribution in [0.1, 0.15) is 62.8 Å². The van der Waals surface area contributed by atoms with Gasteiger partial charge < -0.3 is 4.90 Å². The Labute approximate surface area is 191 Å². The first-order chi connectivity index (χ1) is 15.1. The molecule has 1 fully saturated rings. The Morgan fingerprint density at radius 1 is 0.844 bits per heavy atom. The fourth-order valence-corrected chi connectivity index (χ4v) is 4.55. The second-order valence-electron chi connectivity index (χ2n) is 10.4. The number of anilines is 1. The van der Waals surface area contributed by atoms with E-state index in [-0.39, 0.29) is 17.2 Å². The fourth-order valence-electron chi connectivity index (χ4n) is 4.55. The Kier molecular flexibility index (Phi) is 5.74. The second kappa shape index (κ2) is 8.23. The van der Waals surface area contributed by atoms with Crippen molar-refractivity contribution in [3.8, 4) is 0 Å². The highest BCUT2D eigenvalue weighted by atomic mass is 16.2. The molecule has 0 unspecified atom stereocenters. The Morgan fingerprint density at radius 2 is 1.47 bits per heavy atom. The maximum absolute atomic E-state index is 13.7. The molecule has 2 amide bonds. The summed E-state index contributed by atoms with van der Waals surface area (Å²) >= 11 is 0. The summed E-state index contributed by atoms with van der Waals surface area (Å²) in [7, 11) is 0. The summed E-state index contributed by atoms with van der Waals surface area (Å²) in [5.41, 5.74) is 6.04. The second-order valence-corrected chi connectivity index (χ2v) is 10.4. The van der Waals surface area contributed by atoms with Gasteiger partial charge in [-0.15, -0.1) is 0 Å². The third-order valence-electron chi connectivity index (χ3n) is 6.95. The van der Waals surface area contributed by atoms with Crippen LogP contribution in [0.25, 0.3) is 5.57 Å². The molecule has 4 heteroatoms. The Morgan fingerprint density at radius 3 is 2.03 bits per heavy atom. The van der Waals surface area contributed by atoms with E-state index >= 15 is 0 Å². The van der Waals surface area contributed by atoms with Crippen molar-refractivity contribution in [2.45, 2.75) is 59.8 Å². The average molecular weight is 431 g/mol. The molecule has 0 bridgehead atoms. The zero-order chi connectivity index (χ0) is 23.2. The van der Waals surface area contributed by atoms with E-state index in [4.69, 9.17) is 0 Å². The number of likely N-dealkylation sites (tertiary alicyclic amines) is 1. The molecule has 0 atom stereocenters. The fraction of sp³-hybridized carbons (Fsp3) is 0.429. The molecule has 1 saturated heterocycles. The van der Waals surface area contributed by atoms with Crippen LogP contribution >= 0.6 is 0 Å². The molecule has 0 N–H and O–H groups in total. The van der Waals surface area contributed by atoms with Gasteiger partial charge in [-0.3, -0.25) is 9.59 Å². The number of hydrogen-bond donors (Lipinski definition) is 0. The van der Waals surface area contributed by atoms with Crippen LogP contribution < -0.4 is 4.90 Å². The summed E-state index contributed by atoms with van der Waals surface area (Å²) in [4.78, 5) is 31.0. The van der Waals surface area contributed by atoms with Gasteiger partial charge in [0, 0.05) is 13.1 Å². The first kappa shape index (κ1) is 22.3. The molecule has 32 heavy (non-hydrogen) atoms. The smallest absolute Gasteiger partial charge is 0.282 e. The Bertz CT molecular complexity index is 1080. The van der Waals surface area contributed by atoms with Gasteiger partial charge in [-0.25, -0.2) is 4.90 Å². The minimum Gasteiger partial charge on any atom is -0.366 e. The molecule has 0 spiro atoms. The normalized spacial score (nSPS) is 18.2. The lowest BCUT2D eigenvalue weighted by atomic mass is 9.87. The standard InChI is InChI=1S/C28H34N2O2/c1-18-13-15-29(16-14-18)25-24(21-8-7-19(2)20(3)17-21)26(31)30(27(25)32)23-11-9-22(10-12-23)28(4,5)6/h7-12,17-18H,13-16H2,1-6H3. The molecule has 0 aliphatic carbocycles. The van der Waals surface area contributed by atoms with E-state index in [9.17, 15) is 9.59 Å². The topological polar surface area (TPSA) is 40.6 Å². The molecule has 2 aliphatic rings. The third-order valence-corrected chi connectivity index (χ3v) is 6.95. The number of carbonyl (C=O) groups excluding carboxylic acids is 2. The monoisotopic (exact) mass is 430 g/mol. The van der Waals surface area contributed by atoms with E-state index in [1.165, 1.54) is 16.0 Å². The van der Waals surface area contributed by atoms with Crippen molar-refractivity contribution in [1.29, 1.82) is 0 Å². The molecule has 0 radical (unpaired) electrons. The van der Waals surface area contributed by atoms with Crippen LogP contribution in [0, 0.1) is 19.8 Å². The lowest BCUT2D eigenvalue weighted by Gasteiger charge is -2.32. The van der Waals surface area contributed by atoms with Gasteiger partial charge in [0.2, 0.25) is 0 Å². The number of amides is 2. The van der Waals surface area contributed by atoms with Gasteiger partial charge in [-0.1, -0.05) is 58.0 Å². The molecule has 0 saturated carbocycles. The van der Waals surface area contributed by atoms with Gasteiger partial charge in [-0.05, 0) is 72.4 Å². The highest BCUT2D eigenvalue weighted by molar-refractivity contribution is 6.45. The van der Waals surface area contributed by atoms with Crippen molar-refractivity contribution in [3.63, 3.8) is 0 Å². The summed E-state index contributed by atoms with van der Waals surface area (Å²) in [5.74, 6) is 0.210. The number of piperidine rings is 1. The maximum atomic E-state index is 13.7. The van der Waals surface area contributed by atoms with Gasteiger partial charge in [0.25, 0.3) is 11.8 Å². The Hall–Kier alpha value is -2.88. The molecule has 2 aliphatic heterocycles. The van der Waals surface area contributed by atoms with Gasteiger partial charge >= 0.3 is 0 Å². The van der Waals surface area contributed by atoms with Gasteiger partial charge in [0.1, 0.15) is 5.70 Å². The SMILES string of the molecule is Cc1ccc(C2=C(N3CCC(C)CC3)C(=O)N(c3ccc(C(C)(C)C)cc3)C2=O)cc1C. The lowest BCUT2D eigenvalue weighted by Crippen LogP contribution is -2.38. The zero-order valence-corrected chi connectivity index (χ0v) is 20.2. The van der Waals surface area contributed by atoms with Crippen molar-refractivity contribution >= 4 is 23.1 Å². The zero-order valence-electron chi connectivity index (χ0n) is 20.2. The molecule has 2 aromatic rings. The van der Waals surface area contributed by atoms with Crippen molar-refractivity contribution < 1.29 is 9.59 Å². The van der Waals surface area contributed by atoms with Crippen LogP contribution in [-0.2, 0) is 15.0 Å². The predicted octanol–water partition coefficient (Wildman–Crippen LogP) is 5.62. The lowest BCUT2D eigenvalue weighted by molar-refractivity contribution is -0.120. The maximum Gasteiger partial charge on any atom is 0.282 e. The van der Waals surface area contributed by atoms with Crippen LogP contribution in [-0.4, -0.2) is 29.8 Å². The van der Waals surface area contributed by atoms with E-state index in [1.807, 2.05) is 49.4 Å². The van der Waals surface area contributed by atoms with Crippen molar-refractivity contribution in [1.82, 2.24) is 4.90 Å². The molecular weight excluding hydrogens is 396 g/mol. The number of aryl methyl sites for hydroxylation is 2. The van der Waals surface area contributed by atoms with Crippen molar-refractivity contribution in [2.75, 3.05) is 18.0 Å². The van der Waals surface area contributed by atoms with Crippen LogP contribution in [0.5, 0.6) is 0 Å². The first-order valence-electron chi connectivity index (χ1n) is 11.6. The van der Waals surface area contributed by atoms with E-state index in [0.717, 1.165) is 37.1 Å². The summed E-state index contributed by atoms with van der Waals surface area (Å²) in [6.07, 6.45) is 2.07. The van der Waals surface area contributed by atoms with E-state index in [0.29, 0.717) is 22.9 Å². The number of rotatable bonds is 3. The number of benzene rings is 2. The van der Waals surface area contributed by atoms with Crippen LogP contribution in [0.3, 0.4) is 0 Å². The molecule has 168 valence electrons. The summed E-state index contributed by atoms with van der Waals surface area (Å²) in [5, 5.41) is 0. The van der Waals surface area contributed by atoms with Crippen molar-refractivity contribution in [3.05, 3.63) is 70.4 Å². The molecule has 0 aromatic heterocycles. The Balaban J connectivity index is 1.78. The number of imide groups is 1. The highest BCUT2D eigenvalue weighted by Crippen LogP contribution is 2.37. The van der Waals surface area contributed by atoms with E-state index in [2.05, 4.69) is 39.5 Å². The minimum atomic E-state index is -0.226. The summed E-state index contributed by atoms with van der Waals surface area (Å²) in [6, 6.07) is 13.9. The quantitative estimate of drug-likeness (QED) is 0.594. The summed E-state index contributed by atoms with van der Waals surface area (Å²) < 4.78 is 0. The van der Waals surface area contributed by atoms with Crippen LogP contribution in [0.2, 0.25) is 0 Å². The van der Waals surface area contributed by atoms with E-state index in [1.54, 1.807) is 0 Å². The van der Waals surface area contributed by atoms with Crippen LogP contribution in [0.4, 0.5) is 5.69 Å². The van der Waals surface area contributed by atoms with Crippen molar-refractivity contribution in [2.24, 2.45) is 5.92 Å². The average Bonchev–Trinajstić information content (AvgIpc) is 3.00. The first-order valence-corrected chi connectivity index (χ1v) is 11.6. The number of hydrogen-bond acceptors (Lipinski definition) is 3. The third kappa shape index (κ3) is 3.99. The van der Waals surface area contributed by atoms with Crippen LogP contribution in [0.15, 0.2) is 48.2 Å². The predicted molar refractivity (Wildman–Crippen MR) is 130 cm³/mol. The van der Waals surface area contributed by atoms with Gasteiger partial charge in [-0.2, -0.15) is 0 Å². The molecule has 4 nitrogen and oxygen atoms in total. The number of carbonyl (C=O) groups is 2. The molecule has 2 heterocycles. The van der Waals surface area contributed by atoms with E-state index < -0.39 is 0 Å². The molecule has 2 aromatic carbocycles. The number of nitrogens with zero attached hydrogens (tertiary/aromatic N) is 2. The minimum absolute atomic E-state index is 0.00997.